The first kappa shape index (κ1) is 22.0. The van der Waals surface area contributed by atoms with Crippen molar-refractivity contribution in [1.29, 1.82) is 0 Å². The van der Waals surface area contributed by atoms with E-state index in [-0.39, 0.29) is 17.9 Å². The Hall–Kier alpha value is -1.69. The van der Waals surface area contributed by atoms with Gasteiger partial charge < -0.3 is 15.0 Å². The molecule has 1 aliphatic carbocycles. The van der Waals surface area contributed by atoms with Crippen molar-refractivity contribution in [3.8, 4) is 0 Å². The van der Waals surface area contributed by atoms with E-state index in [1.807, 2.05) is 44.5 Å². The summed E-state index contributed by atoms with van der Waals surface area (Å²) in [5, 5.41) is 3.13. The lowest BCUT2D eigenvalue weighted by Crippen LogP contribution is -2.65. The lowest BCUT2D eigenvalue weighted by atomic mass is 9.65. The van der Waals surface area contributed by atoms with Gasteiger partial charge in [-0.1, -0.05) is 19.1 Å². The molecule has 2 saturated heterocycles. The number of nitrogens with zero attached hydrogens (tertiary/aromatic N) is 1. The summed E-state index contributed by atoms with van der Waals surface area (Å²) >= 11 is 1.84. The fourth-order valence-corrected chi connectivity index (χ4v) is 5.37. The summed E-state index contributed by atoms with van der Waals surface area (Å²) in [6.45, 7) is 7.76. The van der Waals surface area contributed by atoms with Crippen molar-refractivity contribution in [2.24, 2.45) is 5.92 Å². The van der Waals surface area contributed by atoms with Gasteiger partial charge in [0.2, 0.25) is 5.91 Å². The number of rotatable bonds is 6. The summed E-state index contributed by atoms with van der Waals surface area (Å²) in [7, 11) is 1.89. The second-order valence-corrected chi connectivity index (χ2v) is 10.4. The van der Waals surface area contributed by atoms with Crippen molar-refractivity contribution in [2.45, 2.75) is 81.9 Å². The van der Waals surface area contributed by atoms with E-state index in [0.29, 0.717) is 0 Å². The van der Waals surface area contributed by atoms with Gasteiger partial charge in [0.1, 0.15) is 5.60 Å². The van der Waals surface area contributed by atoms with Crippen molar-refractivity contribution in [2.75, 3.05) is 12.8 Å². The number of amides is 2. The summed E-state index contributed by atoms with van der Waals surface area (Å²) in [6.07, 6.45) is 4.27. The molecule has 1 atom stereocenters. The lowest BCUT2D eigenvalue weighted by molar-refractivity contribution is -0.156. The summed E-state index contributed by atoms with van der Waals surface area (Å²) in [5.74, 6) is 1.42. The quantitative estimate of drug-likeness (QED) is 0.649. The minimum Gasteiger partial charge on any atom is -0.444 e. The van der Waals surface area contributed by atoms with Gasteiger partial charge in [0.15, 0.2) is 0 Å². The molecule has 160 valence electrons. The standard InChI is InChI=1S/C23H34N2O3S/c1-6-15-29-18-9-7-16(8-10-18)19(24-21(27)28-22(2,3)4)23-13-11-17(12-14-23)20(26)25(23)5/h7-10,17,19H,6,11-15H2,1-5H3,(H,24,27)/t17?,19-,23?/m0/s1. The van der Waals surface area contributed by atoms with Crippen LogP contribution in [0.1, 0.15) is 71.4 Å². The minimum atomic E-state index is -0.571. The first-order valence-corrected chi connectivity index (χ1v) is 11.6. The monoisotopic (exact) mass is 418 g/mol. The molecule has 2 aliphatic heterocycles. The zero-order valence-corrected chi connectivity index (χ0v) is 19.1. The Morgan fingerprint density at radius 3 is 2.45 bits per heavy atom. The largest absolute Gasteiger partial charge is 0.444 e. The number of alkyl carbamates (subject to hydrolysis) is 1. The molecule has 2 heterocycles. The maximum absolute atomic E-state index is 12.8. The van der Waals surface area contributed by atoms with E-state index in [4.69, 9.17) is 4.74 Å². The van der Waals surface area contributed by atoms with Crippen LogP contribution in [-0.2, 0) is 9.53 Å². The number of hydrogen-bond acceptors (Lipinski definition) is 4. The number of piperidine rings is 2. The normalized spacial score (nSPS) is 25.1. The fourth-order valence-electron chi connectivity index (χ4n) is 4.61. The SMILES string of the molecule is CCCSc1ccc([C@H](NC(=O)OC(C)(C)C)C23CCC(CC2)C(=O)N3C)cc1. The molecule has 1 N–H and O–H groups in total. The van der Waals surface area contributed by atoms with E-state index in [1.165, 1.54) is 4.90 Å². The number of carbonyl (C=O) groups excluding carboxylic acids is 2. The molecule has 6 heteroatoms. The Kier molecular flexibility index (Phi) is 6.51. The van der Waals surface area contributed by atoms with Crippen molar-refractivity contribution in [3.05, 3.63) is 29.8 Å². The smallest absolute Gasteiger partial charge is 0.408 e. The topological polar surface area (TPSA) is 58.6 Å². The molecule has 2 amide bonds. The molecule has 3 aliphatic rings. The van der Waals surface area contributed by atoms with Gasteiger partial charge in [-0.25, -0.2) is 4.79 Å². The molecular weight excluding hydrogens is 384 g/mol. The zero-order valence-electron chi connectivity index (χ0n) is 18.3. The second-order valence-electron chi connectivity index (χ2n) is 9.27. The van der Waals surface area contributed by atoms with Crippen LogP contribution in [0, 0.1) is 5.92 Å². The molecule has 0 unspecified atom stereocenters. The Morgan fingerprint density at radius 1 is 1.28 bits per heavy atom. The molecule has 1 aromatic carbocycles. The maximum atomic E-state index is 12.8. The van der Waals surface area contributed by atoms with E-state index in [9.17, 15) is 9.59 Å². The van der Waals surface area contributed by atoms with E-state index in [1.54, 1.807) is 0 Å². The Morgan fingerprint density at radius 2 is 1.90 bits per heavy atom. The minimum absolute atomic E-state index is 0.136. The second kappa shape index (κ2) is 8.58. The summed E-state index contributed by atoms with van der Waals surface area (Å²) < 4.78 is 5.56. The average Bonchev–Trinajstić information content (AvgIpc) is 2.68. The number of fused-ring (bicyclic) bond motifs is 3. The van der Waals surface area contributed by atoms with Crippen LogP contribution in [-0.4, -0.2) is 40.8 Å². The number of likely N-dealkylation sites (N-methyl/N-ethyl adjacent to an activating group) is 1. The molecular formula is C23H34N2O3S. The van der Waals surface area contributed by atoms with E-state index >= 15 is 0 Å². The van der Waals surface area contributed by atoms with Gasteiger partial charge in [-0.3, -0.25) is 4.79 Å². The first-order valence-electron chi connectivity index (χ1n) is 10.7. The molecule has 5 nitrogen and oxygen atoms in total. The predicted octanol–water partition coefficient (Wildman–Crippen LogP) is 5.16. The highest BCUT2D eigenvalue weighted by Crippen LogP contribution is 2.49. The molecule has 0 aromatic heterocycles. The van der Waals surface area contributed by atoms with Gasteiger partial charge in [-0.2, -0.15) is 0 Å². The molecule has 1 aromatic rings. The number of thioether (sulfide) groups is 1. The van der Waals surface area contributed by atoms with Crippen molar-refractivity contribution in [3.63, 3.8) is 0 Å². The van der Waals surface area contributed by atoms with Crippen LogP contribution < -0.4 is 5.32 Å². The van der Waals surface area contributed by atoms with Crippen molar-refractivity contribution in [1.82, 2.24) is 10.2 Å². The molecule has 0 spiro atoms. The average molecular weight is 419 g/mol. The lowest BCUT2D eigenvalue weighted by Gasteiger charge is -2.56. The number of ether oxygens (including phenoxy) is 1. The number of carbonyl (C=O) groups is 2. The first-order chi connectivity index (χ1) is 13.7. The predicted molar refractivity (Wildman–Crippen MR) is 117 cm³/mol. The highest BCUT2D eigenvalue weighted by Gasteiger charge is 2.54. The van der Waals surface area contributed by atoms with Crippen molar-refractivity contribution >= 4 is 23.8 Å². The molecule has 1 saturated carbocycles. The van der Waals surface area contributed by atoms with Gasteiger partial charge in [-0.05, 0) is 76.3 Å². The van der Waals surface area contributed by atoms with Gasteiger partial charge in [-0.15, -0.1) is 11.8 Å². The van der Waals surface area contributed by atoms with Gasteiger partial charge >= 0.3 is 6.09 Å². The Labute approximate surface area is 178 Å². The van der Waals surface area contributed by atoms with E-state index in [0.717, 1.165) is 43.4 Å². The van der Waals surface area contributed by atoms with Crippen molar-refractivity contribution < 1.29 is 14.3 Å². The number of hydrogen-bond donors (Lipinski definition) is 1. The summed E-state index contributed by atoms with van der Waals surface area (Å²) in [5.41, 5.74) is 0.0522. The molecule has 2 bridgehead atoms. The van der Waals surface area contributed by atoms with E-state index < -0.39 is 17.2 Å². The van der Waals surface area contributed by atoms with Gasteiger partial charge in [0.05, 0.1) is 11.6 Å². The van der Waals surface area contributed by atoms with Crippen LogP contribution in [0.15, 0.2) is 29.2 Å². The Bertz CT molecular complexity index is 733. The van der Waals surface area contributed by atoms with Gasteiger partial charge in [0.25, 0.3) is 0 Å². The highest BCUT2D eigenvalue weighted by atomic mass is 32.2. The van der Waals surface area contributed by atoms with Crippen LogP contribution in [0.25, 0.3) is 0 Å². The summed E-state index contributed by atoms with van der Waals surface area (Å²) in [4.78, 5) is 28.6. The summed E-state index contributed by atoms with van der Waals surface area (Å²) in [6, 6.07) is 8.12. The zero-order chi connectivity index (χ0) is 21.2. The third-order valence-electron chi connectivity index (χ3n) is 6.08. The maximum Gasteiger partial charge on any atom is 0.408 e. The van der Waals surface area contributed by atoms with Crippen LogP contribution in [0.2, 0.25) is 0 Å². The molecule has 3 fully saturated rings. The van der Waals surface area contributed by atoms with Crippen LogP contribution in [0.5, 0.6) is 0 Å². The van der Waals surface area contributed by atoms with Crippen LogP contribution in [0.4, 0.5) is 4.79 Å². The fraction of sp³-hybridized carbons (Fsp3) is 0.652. The molecule has 4 rings (SSSR count). The van der Waals surface area contributed by atoms with E-state index in [2.05, 4.69) is 36.5 Å². The molecule has 0 radical (unpaired) electrons. The third kappa shape index (κ3) is 4.73. The van der Waals surface area contributed by atoms with Gasteiger partial charge in [0, 0.05) is 17.9 Å². The van der Waals surface area contributed by atoms with Crippen LogP contribution in [0.3, 0.4) is 0 Å². The molecule has 29 heavy (non-hydrogen) atoms. The highest BCUT2D eigenvalue weighted by molar-refractivity contribution is 7.99. The number of benzene rings is 1. The number of nitrogens with one attached hydrogen (secondary N) is 1. The Balaban J connectivity index is 1.91. The van der Waals surface area contributed by atoms with Crippen LogP contribution >= 0.6 is 11.8 Å². The third-order valence-corrected chi connectivity index (χ3v) is 7.30.